The summed E-state index contributed by atoms with van der Waals surface area (Å²) in [5.74, 6) is -1.19. The molecule has 1 aliphatic rings. The normalized spacial score (nSPS) is 16.2. The van der Waals surface area contributed by atoms with Gasteiger partial charge in [-0.25, -0.2) is 0 Å². The van der Waals surface area contributed by atoms with Crippen LogP contribution >= 0.6 is 23.2 Å². The number of nitrogens with zero attached hydrogens (tertiary/aromatic N) is 2. The quantitative estimate of drug-likeness (QED) is 0.0307. The monoisotopic (exact) mass is 1720 g/mol. The number of halogens is 2. The Morgan fingerprint density at radius 2 is 0.777 bits per heavy atom. The molecule has 0 amide bonds. The zero-order valence-electron chi connectivity index (χ0n) is 75.9. The summed E-state index contributed by atoms with van der Waals surface area (Å²) in [6, 6.07) is 41.9. The third kappa shape index (κ3) is 20.9. The summed E-state index contributed by atoms with van der Waals surface area (Å²) in [5, 5.41) is 34.1. The first-order chi connectivity index (χ1) is 49.6. The third-order valence-electron chi connectivity index (χ3n) is 22.9. The Balaban J connectivity index is 0.00000580. The van der Waals surface area contributed by atoms with Gasteiger partial charge in [-0.15, -0.1) is 0 Å². The number of aromatic hydroxyl groups is 1. The standard InChI is InChI=1S/C101H138Cl2N2O4.2CH3.Hf/c1-63-44-65(47-72(102)45-63)80-53-71(100(31,32)62-94(18,19)20)55-86(105-83-40-36-68(97(25,26)59-91(9,10)11)50-76(83)77-51-69(37-41-84(77)105)98(27,28)60-92(12,13)14)101(80,107)109-43-33-42-108-88-64(2)46-73(103)56-79(88)78-52-70(99(29,30)61-93(15,16)17)54-85(87(78)106)104-81-38-34-66(95(21,22)57-89(3,4)5)48-74(81)75-49-67(35-39-82(75)104)96(23,24)58-90(6,7)8;;;/h34-41,44-56,86,106-107H,33,42-43,57-62H2,1-32H3;2*1H3;/q;2*-1;. The minimum absolute atomic E-state index is 0. The average molecular weight is 1720 g/mol. The van der Waals surface area contributed by atoms with Crippen LogP contribution in [0.5, 0.6) is 11.5 Å². The minimum atomic E-state index is -1.95. The second-order valence-electron chi connectivity index (χ2n) is 44.7. The third-order valence-corrected chi connectivity index (χ3v) is 23.3. The number of benzene rings is 7. The summed E-state index contributed by atoms with van der Waals surface area (Å²) in [5.41, 5.74) is 15.9. The molecule has 0 radical (unpaired) electrons. The Bertz CT molecular complexity index is 4790. The van der Waals surface area contributed by atoms with Crippen molar-refractivity contribution in [2.24, 2.45) is 37.9 Å². The van der Waals surface area contributed by atoms with Crippen LogP contribution in [-0.2, 0) is 57.7 Å². The smallest absolute Gasteiger partial charge is 0.218 e. The molecule has 0 saturated carbocycles. The van der Waals surface area contributed by atoms with Gasteiger partial charge in [0.15, 0.2) is 0 Å². The van der Waals surface area contributed by atoms with Gasteiger partial charge in [-0.3, -0.25) is 0 Å². The molecule has 112 heavy (non-hydrogen) atoms. The van der Waals surface area contributed by atoms with Crippen LogP contribution < -0.4 is 4.74 Å². The van der Waals surface area contributed by atoms with Gasteiger partial charge in [0.1, 0.15) is 17.5 Å². The Labute approximate surface area is 708 Å². The molecule has 1 aliphatic carbocycles. The van der Waals surface area contributed by atoms with Crippen molar-refractivity contribution in [2.45, 2.75) is 305 Å². The molecule has 9 heteroatoms. The van der Waals surface area contributed by atoms with Crippen LogP contribution in [0.3, 0.4) is 0 Å². The van der Waals surface area contributed by atoms with Crippen molar-refractivity contribution in [3.05, 3.63) is 202 Å². The number of hydrogen-bond acceptors (Lipinski definition) is 4. The Morgan fingerprint density at radius 3 is 1.17 bits per heavy atom. The van der Waals surface area contributed by atoms with E-state index in [-0.39, 0.29) is 125 Å². The number of aryl methyl sites for hydroxylation is 2. The molecule has 610 valence electrons. The van der Waals surface area contributed by atoms with E-state index in [1.165, 1.54) is 22.3 Å². The summed E-state index contributed by atoms with van der Waals surface area (Å²) in [4.78, 5) is 0. The van der Waals surface area contributed by atoms with Crippen molar-refractivity contribution >= 4 is 72.4 Å². The van der Waals surface area contributed by atoms with Crippen molar-refractivity contribution in [1.29, 1.82) is 0 Å². The predicted molar refractivity (Wildman–Crippen MR) is 486 cm³/mol. The van der Waals surface area contributed by atoms with Gasteiger partial charge in [0, 0.05) is 91.6 Å². The molecule has 0 spiro atoms. The van der Waals surface area contributed by atoms with Gasteiger partial charge in [0.05, 0.1) is 29.9 Å². The minimum Gasteiger partial charge on any atom is -0.505 e. The fraction of sp³-hybridized carbons (Fsp3) is 0.534. The van der Waals surface area contributed by atoms with Crippen molar-refractivity contribution < 1.29 is 45.5 Å². The van der Waals surface area contributed by atoms with E-state index in [0.717, 1.165) is 110 Å². The van der Waals surface area contributed by atoms with Gasteiger partial charge in [-0.05, 0) is 258 Å². The van der Waals surface area contributed by atoms with E-state index >= 15 is 0 Å². The van der Waals surface area contributed by atoms with E-state index in [9.17, 15) is 10.2 Å². The molecule has 0 saturated heterocycles. The number of fused-ring (bicyclic) bond motifs is 6. The predicted octanol–water partition coefficient (Wildman–Crippen LogP) is 30.9. The molecule has 0 aliphatic heterocycles. The second kappa shape index (κ2) is 32.5. The van der Waals surface area contributed by atoms with Crippen molar-refractivity contribution in [3.8, 4) is 28.3 Å². The largest absolute Gasteiger partial charge is 0.505 e. The van der Waals surface area contributed by atoms with Gasteiger partial charge < -0.3 is 43.7 Å². The van der Waals surface area contributed by atoms with E-state index in [0.29, 0.717) is 44.6 Å². The number of aliphatic hydroxyl groups is 1. The molecule has 2 aromatic heterocycles. The molecule has 7 aromatic carbocycles. The topological polar surface area (TPSA) is 68.8 Å². The maximum absolute atomic E-state index is 14.7. The van der Waals surface area contributed by atoms with Gasteiger partial charge in [0.2, 0.25) is 5.79 Å². The number of rotatable bonds is 22. The van der Waals surface area contributed by atoms with Crippen molar-refractivity contribution in [3.63, 3.8) is 0 Å². The van der Waals surface area contributed by atoms with E-state index in [1.54, 1.807) is 0 Å². The first kappa shape index (κ1) is 93.7. The molecule has 10 rings (SSSR count). The maximum Gasteiger partial charge on any atom is 0.218 e. The van der Waals surface area contributed by atoms with Gasteiger partial charge in [-0.2, -0.15) is 0 Å². The molecular weight excluding hydrogens is 1580 g/mol. The fourth-order valence-corrected chi connectivity index (χ4v) is 21.2. The molecule has 2 unspecified atom stereocenters. The van der Waals surface area contributed by atoms with Crippen LogP contribution in [0.1, 0.15) is 303 Å². The summed E-state index contributed by atoms with van der Waals surface area (Å²) < 4.78 is 19.4. The Morgan fingerprint density at radius 1 is 0.411 bits per heavy atom. The maximum atomic E-state index is 14.7. The van der Waals surface area contributed by atoms with Gasteiger partial charge in [0.25, 0.3) is 0 Å². The number of phenolic OH excluding ortho intramolecular Hbond substituents is 1. The molecule has 2 N–H and O–H groups in total. The molecular formula is C103H144Cl2HfN2O4-2. The summed E-state index contributed by atoms with van der Waals surface area (Å²) in [6.07, 6.45) is 10.7. The van der Waals surface area contributed by atoms with Crippen molar-refractivity contribution in [2.75, 3.05) is 13.2 Å². The van der Waals surface area contributed by atoms with Crippen LogP contribution in [0.15, 0.2) is 133 Å². The van der Waals surface area contributed by atoms with Crippen LogP contribution in [0, 0.1) is 66.6 Å². The van der Waals surface area contributed by atoms with Crippen LogP contribution in [0.25, 0.3) is 66.0 Å². The van der Waals surface area contributed by atoms with E-state index in [4.69, 9.17) is 32.7 Å². The molecule has 0 bridgehead atoms. The summed E-state index contributed by atoms with van der Waals surface area (Å²) >= 11 is 14.4. The summed E-state index contributed by atoms with van der Waals surface area (Å²) in [6.45, 7) is 74.7. The van der Waals surface area contributed by atoms with Gasteiger partial charge in [-0.1, -0.05) is 267 Å². The first-order valence-corrected chi connectivity index (χ1v) is 41.4. The van der Waals surface area contributed by atoms with Crippen LogP contribution in [0.4, 0.5) is 0 Å². The zero-order valence-corrected chi connectivity index (χ0v) is 81.0. The van der Waals surface area contributed by atoms with Crippen LogP contribution in [0.2, 0.25) is 10.0 Å². The SMILES string of the molecule is Cc1cc(Cl)cc(C2=CC(C(C)(C)CC(C)(C)C)=CC(n3c4ccc(C(C)(C)CC(C)(C)C)cc4c4cc(C(C)(C)CC(C)(C)C)ccc43)C2(O)OCCCOc2c(C)cc(Cl)cc2-c2cc(C(C)(C)CC(C)(C)C)cc(-n3c4ccc(C(C)(C)CC(C)(C)C)cc4c4cc(C(C)(C)CC(C)(C)C)ccc43)c2O)c1.[CH3-].[CH3-].[Hf]. The van der Waals surface area contributed by atoms with E-state index in [2.05, 4.69) is 327 Å². The van der Waals surface area contributed by atoms with Crippen LogP contribution in [-0.4, -0.2) is 38.3 Å². The number of ether oxygens (including phenoxy) is 2. The number of allylic oxidation sites excluding steroid dienone is 2. The fourth-order valence-electron chi connectivity index (χ4n) is 20.6. The summed E-state index contributed by atoms with van der Waals surface area (Å²) in [7, 11) is 0. The van der Waals surface area contributed by atoms with Gasteiger partial charge >= 0.3 is 0 Å². The van der Waals surface area contributed by atoms with Crippen molar-refractivity contribution in [1.82, 2.24) is 9.13 Å². The van der Waals surface area contributed by atoms with E-state index < -0.39 is 11.8 Å². The average Bonchev–Trinajstić information content (AvgIpc) is 1.13. The first-order valence-electron chi connectivity index (χ1n) is 40.7. The number of phenols is 1. The zero-order chi connectivity index (χ0) is 81.3. The number of hydrogen-bond donors (Lipinski definition) is 2. The molecule has 0 fully saturated rings. The van der Waals surface area contributed by atoms with E-state index in [1.807, 2.05) is 31.2 Å². The molecule has 9 aromatic rings. The Hall–Kier alpha value is -5.41. The molecule has 2 heterocycles. The Kier molecular flexibility index (Phi) is 27.2. The molecule has 2 atom stereocenters. The second-order valence-corrected chi connectivity index (χ2v) is 45.6. The number of aromatic nitrogens is 2. The molecule has 6 nitrogen and oxygen atoms in total.